The molecule has 4 aromatic carbocycles. The van der Waals surface area contributed by atoms with Gasteiger partial charge in [0, 0.05) is 30.1 Å². The van der Waals surface area contributed by atoms with Crippen LogP contribution in [0.15, 0.2) is 108 Å². The van der Waals surface area contributed by atoms with Crippen molar-refractivity contribution in [2.24, 2.45) is 0 Å². The van der Waals surface area contributed by atoms with Crippen LogP contribution in [0.5, 0.6) is 11.5 Å². The highest BCUT2D eigenvalue weighted by atomic mass is 35.5. The first-order chi connectivity index (χ1) is 22.6. The van der Waals surface area contributed by atoms with E-state index in [0.717, 1.165) is 9.87 Å². The van der Waals surface area contributed by atoms with Crippen LogP contribution in [0, 0.1) is 0 Å². The van der Waals surface area contributed by atoms with Gasteiger partial charge in [0.2, 0.25) is 11.8 Å². The summed E-state index contributed by atoms with van der Waals surface area (Å²) in [5.74, 6) is -0.245. The van der Waals surface area contributed by atoms with E-state index in [1.54, 1.807) is 48.5 Å². The second-order valence-corrected chi connectivity index (χ2v) is 13.3. The van der Waals surface area contributed by atoms with Crippen LogP contribution in [0.1, 0.15) is 31.4 Å². The van der Waals surface area contributed by atoms with E-state index < -0.39 is 28.5 Å². The second kappa shape index (κ2) is 16.3. The molecule has 11 heteroatoms. The van der Waals surface area contributed by atoms with E-state index in [2.05, 4.69) is 5.32 Å². The van der Waals surface area contributed by atoms with Gasteiger partial charge in [-0.15, -0.1) is 0 Å². The van der Waals surface area contributed by atoms with Gasteiger partial charge in [-0.2, -0.15) is 0 Å². The van der Waals surface area contributed by atoms with Gasteiger partial charge in [-0.1, -0.05) is 79.2 Å². The SMILES string of the molecule is CC[C@H](C)NC(=O)[C@H](Cc1ccccc1)N(Cc1cccc(Cl)c1)C(=O)CN(c1ccc(OC)c(OC)c1)S(=O)(=O)c1ccccc1. The van der Waals surface area contributed by atoms with Gasteiger partial charge in [0.15, 0.2) is 11.5 Å². The number of ether oxygens (including phenoxy) is 2. The summed E-state index contributed by atoms with van der Waals surface area (Å²) >= 11 is 6.32. The fraction of sp³-hybridized carbons (Fsp3) is 0.278. The number of sulfonamides is 1. The van der Waals surface area contributed by atoms with E-state index >= 15 is 0 Å². The molecule has 0 unspecified atom stereocenters. The summed E-state index contributed by atoms with van der Waals surface area (Å²) in [7, 11) is -1.35. The van der Waals surface area contributed by atoms with Crippen molar-refractivity contribution in [3.05, 3.63) is 119 Å². The van der Waals surface area contributed by atoms with Gasteiger partial charge in [0.1, 0.15) is 12.6 Å². The highest BCUT2D eigenvalue weighted by Gasteiger charge is 2.35. The molecule has 248 valence electrons. The van der Waals surface area contributed by atoms with Gasteiger partial charge >= 0.3 is 0 Å². The van der Waals surface area contributed by atoms with Crippen LogP contribution in [0.2, 0.25) is 5.02 Å². The maximum atomic E-state index is 14.6. The third kappa shape index (κ3) is 9.05. The topological polar surface area (TPSA) is 105 Å². The Morgan fingerprint density at radius 1 is 0.830 bits per heavy atom. The number of halogens is 1. The fourth-order valence-corrected chi connectivity index (χ4v) is 6.70. The number of carbonyl (C=O) groups is 2. The number of methoxy groups -OCH3 is 2. The van der Waals surface area contributed by atoms with Crippen LogP contribution in [-0.4, -0.2) is 58.0 Å². The number of rotatable bonds is 15. The number of carbonyl (C=O) groups excluding carboxylic acids is 2. The maximum Gasteiger partial charge on any atom is 0.264 e. The fourth-order valence-electron chi connectivity index (χ4n) is 5.06. The average Bonchev–Trinajstić information content (AvgIpc) is 3.08. The molecular weight excluding hydrogens is 638 g/mol. The summed E-state index contributed by atoms with van der Waals surface area (Å²) < 4.78 is 40.3. The molecule has 0 saturated carbocycles. The van der Waals surface area contributed by atoms with Crippen molar-refractivity contribution in [2.75, 3.05) is 25.1 Å². The molecule has 0 aliphatic heterocycles. The second-order valence-electron chi connectivity index (χ2n) is 11.0. The molecule has 0 spiro atoms. The normalized spacial score (nSPS) is 12.4. The molecular formula is C36H40ClN3O6S. The van der Waals surface area contributed by atoms with Crippen LogP contribution in [-0.2, 0) is 32.6 Å². The zero-order valence-corrected chi connectivity index (χ0v) is 28.5. The molecule has 0 aromatic heterocycles. The third-order valence-electron chi connectivity index (χ3n) is 7.78. The maximum absolute atomic E-state index is 14.6. The molecule has 9 nitrogen and oxygen atoms in total. The molecule has 0 bridgehead atoms. The first kappa shape index (κ1) is 35.3. The van der Waals surface area contributed by atoms with Crippen LogP contribution >= 0.6 is 11.6 Å². The molecule has 4 rings (SSSR count). The predicted molar refractivity (Wildman–Crippen MR) is 184 cm³/mol. The highest BCUT2D eigenvalue weighted by Crippen LogP contribution is 2.34. The van der Waals surface area contributed by atoms with E-state index in [-0.39, 0.29) is 41.2 Å². The molecule has 4 aromatic rings. The van der Waals surface area contributed by atoms with Crippen molar-refractivity contribution >= 4 is 39.1 Å². The molecule has 2 atom stereocenters. The van der Waals surface area contributed by atoms with E-state index in [0.29, 0.717) is 22.8 Å². The number of amides is 2. The number of hydrogen-bond donors (Lipinski definition) is 1. The number of benzene rings is 4. The van der Waals surface area contributed by atoms with Crippen molar-refractivity contribution < 1.29 is 27.5 Å². The zero-order chi connectivity index (χ0) is 34.0. The van der Waals surface area contributed by atoms with Gasteiger partial charge in [-0.25, -0.2) is 8.42 Å². The average molecular weight is 678 g/mol. The van der Waals surface area contributed by atoms with Crippen molar-refractivity contribution in [3.8, 4) is 11.5 Å². The number of anilines is 1. The van der Waals surface area contributed by atoms with Gasteiger partial charge < -0.3 is 19.7 Å². The lowest BCUT2D eigenvalue weighted by molar-refractivity contribution is -0.140. The molecule has 0 heterocycles. The molecule has 0 aliphatic rings. The minimum Gasteiger partial charge on any atom is -0.493 e. The van der Waals surface area contributed by atoms with E-state index in [9.17, 15) is 18.0 Å². The first-order valence-electron chi connectivity index (χ1n) is 15.2. The molecule has 0 fully saturated rings. The monoisotopic (exact) mass is 677 g/mol. The Bertz CT molecular complexity index is 1760. The van der Waals surface area contributed by atoms with E-state index in [1.807, 2.05) is 50.2 Å². The molecule has 0 aliphatic carbocycles. The minimum absolute atomic E-state index is 0.000625. The lowest BCUT2D eigenvalue weighted by atomic mass is 10.0. The first-order valence-corrected chi connectivity index (χ1v) is 17.1. The zero-order valence-electron chi connectivity index (χ0n) is 26.9. The summed E-state index contributed by atoms with van der Waals surface area (Å²) in [6.07, 6.45) is 0.894. The molecule has 2 amide bonds. The Labute approximate surface area is 282 Å². The standard InChI is InChI=1S/C36H40ClN3O6S/c1-5-26(2)38-36(42)32(22-27-13-8-6-9-14-27)39(24-28-15-12-16-29(37)21-28)35(41)25-40(47(43,44)31-17-10-7-11-18-31)30-19-20-33(45-3)34(23-30)46-4/h6-21,23,26,32H,5,22,24-25H2,1-4H3,(H,38,42)/t26-,32-/m0/s1. The molecule has 0 saturated heterocycles. The lowest BCUT2D eigenvalue weighted by Gasteiger charge is -2.34. The number of nitrogens with zero attached hydrogens (tertiary/aromatic N) is 2. The van der Waals surface area contributed by atoms with Crippen LogP contribution in [0.3, 0.4) is 0 Å². The van der Waals surface area contributed by atoms with Gasteiger partial charge in [0.25, 0.3) is 10.0 Å². The molecule has 1 N–H and O–H groups in total. The van der Waals surface area contributed by atoms with Gasteiger partial charge in [0.05, 0.1) is 24.8 Å². The number of hydrogen-bond acceptors (Lipinski definition) is 6. The Morgan fingerprint density at radius 3 is 2.09 bits per heavy atom. The summed E-state index contributed by atoms with van der Waals surface area (Å²) in [5.41, 5.74) is 1.71. The summed E-state index contributed by atoms with van der Waals surface area (Å²) in [6, 6.07) is 27.8. The quantitative estimate of drug-likeness (QED) is 0.163. The summed E-state index contributed by atoms with van der Waals surface area (Å²) in [4.78, 5) is 30.0. The van der Waals surface area contributed by atoms with E-state index in [1.165, 1.54) is 37.3 Å². The smallest absolute Gasteiger partial charge is 0.264 e. The lowest BCUT2D eigenvalue weighted by Crippen LogP contribution is -2.54. The molecule has 47 heavy (non-hydrogen) atoms. The highest BCUT2D eigenvalue weighted by molar-refractivity contribution is 7.92. The predicted octanol–water partition coefficient (Wildman–Crippen LogP) is 6.11. The summed E-state index contributed by atoms with van der Waals surface area (Å²) in [6.45, 7) is 3.26. The van der Waals surface area contributed by atoms with Crippen molar-refractivity contribution in [2.45, 2.75) is 50.2 Å². The van der Waals surface area contributed by atoms with Crippen molar-refractivity contribution in [3.63, 3.8) is 0 Å². The summed E-state index contributed by atoms with van der Waals surface area (Å²) in [5, 5.41) is 3.50. The van der Waals surface area contributed by atoms with Crippen LogP contribution < -0.4 is 19.1 Å². The Morgan fingerprint density at radius 2 is 1.47 bits per heavy atom. The van der Waals surface area contributed by atoms with Crippen LogP contribution in [0.4, 0.5) is 5.69 Å². The van der Waals surface area contributed by atoms with Crippen molar-refractivity contribution in [1.29, 1.82) is 0 Å². The van der Waals surface area contributed by atoms with Gasteiger partial charge in [-0.3, -0.25) is 13.9 Å². The molecule has 0 radical (unpaired) electrons. The van der Waals surface area contributed by atoms with Crippen molar-refractivity contribution in [1.82, 2.24) is 10.2 Å². The van der Waals surface area contributed by atoms with Gasteiger partial charge in [-0.05, 0) is 60.9 Å². The Balaban J connectivity index is 1.84. The minimum atomic E-state index is -4.27. The third-order valence-corrected chi connectivity index (χ3v) is 9.80. The Kier molecular flexibility index (Phi) is 12.3. The Hall–Kier alpha value is -4.54. The van der Waals surface area contributed by atoms with E-state index in [4.69, 9.17) is 21.1 Å². The number of nitrogens with one attached hydrogen (secondary N) is 1. The van der Waals surface area contributed by atoms with Crippen LogP contribution in [0.25, 0.3) is 0 Å². The largest absolute Gasteiger partial charge is 0.493 e.